The lowest BCUT2D eigenvalue weighted by Gasteiger charge is -1.98. The van der Waals surface area contributed by atoms with Gasteiger partial charge in [0, 0.05) is 24.9 Å². The zero-order chi connectivity index (χ0) is 10.8. The van der Waals surface area contributed by atoms with E-state index in [0.29, 0.717) is 11.8 Å². The third-order valence-corrected chi connectivity index (χ3v) is 2.78. The van der Waals surface area contributed by atoms with Crippen LogP contribution in [0.2, 0.25) is 0 Å². The molecule has 0 aliphatic carbocycles. The van der Waals surface area contributed by atoms with Crippen LogP contribution in [-0.4, -0.2) is 28.2 Å². The van der Waals surface area contributed by atoms with Gasteiger partial charge < -0.3 is 9.84 Å². The minimum Gasteiger partial charge on any atom is -0.334 e. The summed E-state index contributed by atoms with van der Waals surface area (Å²) in [6.07, 6.45) is 4.53. The predicted molar refractivity (Wildman–Crippen MR) is 57.8 cm³/mol. The first-order valence-corrected chi connectivity index (χ1v) is 5.38. The van der Waals surface area contributed by atoms with Crippen molar-refractivity contribution in [2.45, 2.75) is 12.3 Å². The predicted octanol–water partition coefficient (Wildman–Crippen LogP) is 1.21. The van der Waals surface area contributed by atoms with Gasteiger partial charge in [0.05, 0.1) is 5.56 Å². The molecule has 0 aromatic carbocycles. The minimum atomic E-state index is 0.383. The number of pyridine rings is 1. The molecular formula is C11H12N4O. The highest BCUT2D eigenvalue weighted by Crippen LogP contribution is 2.22. The lowest BCUT2D eigenvalue weighted by molar-refractivity contribution is 0.417. The number of hydrogen-bond donors (Lipinski definition) is 1. The average Bonchev–Trinajstić information content (AvgIpc) is 3.01. The van der Waals surface area contributed by atoms with Crippen LogP contribution in [0.1, 0.15) is 18.2 Å². The molecule has 5 heteroatoms. The van der Waals surface area contributed by atoms with Crippen molar-refractivity contribution in [1.82, 2.24) is 20.4 Å². The number of rotatable bonds is 2. The van der Waals surface area contributed by atoms with Crippen molar-refractivity contribution >= 4 is 0 Å². The average molecular weight is 216 g/mol. The van der Waals surface area contributed by atoms with Crippen LogP contribution in [0.15, 0.2) is 29.0 Å². The van der Waals surface area contributed by atoms with Crippen molar-refractivity contribution in [3.63, 3.8) is 0 Å². The Kier molecular flexibility index (Phi) is 2.38. The summed E-state index contributed by atoms with van der Waals surface area (Å²) in [6, 6.07) is 3.77. The largest absolute Gasteiger partial charge is 0.334 e. The van der Waals surface area contributed by atoms with Crippen LogP contribution in [0.25, 0.3) is 11.5 Å². The second kappa shape index (κ2) is 4.02. The maximum absolute atomic E-state index is 5.23. The van der Waals surface area contributed by atoms with Crippen molar-refractivity contribution in [3.05, 3.63) is 30.4 Å². The molecule has 0 unspecified atom stereocenters. The zero-order valence-corrected chi connectivity index (χ0v) is 8.76. The van der Waals surface area contributed by atoms with Gasteiger partial charge in [0.2, 0.25) is 0 Å². The lowest BCUT2D eigenvalue weighted by Crippen LogP contribution is -2.08. The maximum Gasteiger partial charge on any atom is 0.259 e. The summed E-state index contributed by atoms with van der Waals surface area (Å²) in [5, 5.41) is 7.31. The molecule has 3 rings (SSSR count). The molecule has 82 valence electrons. The molecule has 16 heavy (non-hydrogen) atoms. The van der Waals surface area contributed by atoms with Crippen LogP contribution in [-0.2, 0) is 0 Å². The van der Waals surface area contributed by atoms with E-state index in [-0.39, 0.29) is 0 Å². The number of hydrogen-bond acceptors (Lipinski definition) is 5. The Balaban J connectivity index is 1.87. The molecule has 1 fully saturated rings. The normalized spacial score (nSPS) is 20.1. The summed E-state index contributed by atoms with van der Waals surface area (Å²) in [7, 11) is 0. The summed E-state index contributed by atoms with van der Waals surface area (Å²) < 4.78 is 5.23. The van der Waals surface area contributed by atoms with E-state index in [1.807, 2.05) is 12.1 Å². The standard InChI is InChI=1S/C11H12N4O/c1-2-9(7-12-4-1)11-14-10(15-16-11)8-3-5-13-6-8/h1-2,4,7-8,13H,3,5-6H2/t8-/m1/s1. The van der Waals surface area contributed by atoms with Gasteiger partial charge in [-0.05, 0) is 25.1 Å². The molecule has 2 aromatic heterocycles. The second-order valence-corrected chi connectivity index (χ2v) is 3.89. The number of nitrogens with one attached hydrogen (secondary N) is 1. The summed E-state index contributed by atoms with van der Waals surface area (Å²) >= 11 is 0. The SMILES string of the molecule is c1cncc(-c2nc([C@@H]3CCNC3)no2)c1. The summed E-state index contributed by atoms with van der Waals surface area (Å²) in [5.74, 6) is 1.73. The number of aromatic nitrogens is 3. The van der Waals surface area contributed by atoms with Crippen LogP contribution in [0, 0.1) is 0 Å². The minimum absolute atomic E-state index is 0.383. The quantitative estimate of drug-likeness (QED) is 0.817. The van der Waals surface area contributed by atoms with Crippen LogP contribution < -0.4 is 5.32 Å². The second-order valence-electron chi connectivity index (χ2n) is 3.89. The van der Waals surface area contributed by atoms with Crippen molar-refractivity contribution in [1.29, 1.82) is 0 Å². The Morgan fingerprint density at radius 3 is 3.19 bits per heavy atom. The van der Waals surface area contributed by atoms with Crippen LogP contribution in [0.5, 0.6) is 0 Å². The van der Waals surface area contributed by atoms with Gasteiger partial charge in [-0.1, -0.05) is 5.16 Å². The molecule has 0 saturated carbocycles. The zero-order valence-electron chi connectivity index (χ0n) is 8.76. The molecular weight excluding hydrogens is 204 g/mol. The fourth-order valence-corrected chi connectivity index (χ4v) is 1.88. The fourth-order valence-electron chi connectivity index (χ4n) is 1.88. The fraction of sp³-hybridized carbons (Fsp3) is 0.364. The first-order valence-electron chi connectivity index (χ1n) is 5.38. The molecule has 1 aliphatic rings. The molecule has 5 nitrogen and oxygen atoms in total. The summed E-state index contributed by atoms with van der Waals surface area (Å²) in [5.41, 5.74) is 0.868. The highest BCUT2D eigenvalue weighted by molar-refractivity contribution is 5.50. The Hall–Kier alpha value is -1.75. The first-order chi connectivity index (χ1) is 7.93. The van der Waals surface area contributed by atoms with Gasteiger partial charge in [-0.3, -0.25) is 4.98 Å². The van der Waals surface area contributed by atoms with E-state index >= 15 is 0 Å². The van der Waals surface area contributed by atoms with Crippen LogP contribution >= 0.6 is 0 Å². The van der Waals surface area contributed by atoms with Gasteiger partial charge in [-0.2, -0.15) is 4.98 Å². The van der Waals surface area contributed by atoms with Crippen molar-refractivity contribution in [3.8, 4) is 11.5 Å². The number of nitrogens with zero attached hydrogens (tertiary/aromatic N) is 3. The van der Waals surface area contributed by atoms with Crippen molar-refractivity contribution < 1.29 is 4.52 Å². The van der Waals surface area contributed by atoms with E-state index in [1.54, 1.807) is 12.4 Å². The van der Waals surface area contributed by atoms with Crippen molar-refractivity contribution in [2.75, 3.05) is 13.1 Å². The summed E-state index contributed by atoms with van der Waals surface area (Å²) in [6.45, 7) is 1.97. The smallest absolute Gasteiger partial charge is 0.259 e. The molecule has 1 aliphatic heterocycles. The molecule has 3 heterocycles. The maximum atomic E-state index is 5.23. The van der Waals surface area contributed by atoms with E-state index < -0.39 is 0 Å². The Bertz CT molecular complexity index is 462. The monoisotopic (exact) mass is 216 g/mol. The van der Waals surface area contributed by atoms with Gasteiger partial charge >= 0.3 is 0 Å². The Morgan fingerprint density at radius 1 is 1.44 bits per heavy atom. The highest BCUT2D eigenvalue weighted by Gasteiger charge is 2.22. The van der Waals surface area contributed by atoms with Gasteiger partial charge in [0.1, 0.15) is 0 Å². The topological polar surface area (TPSA) is 63.8 Å². The first kappa shape index (κ1) is 9.47. The van der Waals surface area contributed by atoms with Gasteiger partial charge in [-0.15, -0.1) is 0 Å². The molecule has 0 spiro atoms. The molecule has 2 aromatic rings. The van der Waals surface area contributed by atoms with Crippen LogP contribution in [0.4, 0.5) is 0 Å². The van der Waals surface area contributed by atoms with Gasteiger partial charge in [0.25, 0.3) is 5.89 Å². The lowest BCUT2D eigenvalue weighted by atomic mass is 10.1. The highest BCUT2D eigenvalue weighted by atomic mass is 16.5. The van der Waals surface area contributed by atoms with E-state index in [4.69, 9.17) is 4.52 Å². The molecule has 0 radical (unpaired) electrons. The van der Waals surface area contributed by atoms with E-state index in [0.717, 1.165) is 30.9 Å². The van der Waals surface area contributed by atoms with Crippen molar-refractivity contribution in [2.24, 2.45) is 0 Å². The third-order valence-electron chi connectivity index (χ3n) is 2.78. The van der Waals surface area contributed by atoms with E-state index in [1.165, 1.54) is 0 Å². The van der Waals surface area contributed by atoms with E-state index in [2.05, 4.69) is 20.4 Å². The molecule has 1 atom stereocenters. The van der Waals surface area contributed by atoms with Gasteiger partial charge in [0.15, 0.2) is 5.82 Å². The molecule has 0 amide bonds. The Morgan fingerprint density at radius 2 is 2.44 bits per heavy atom. The van der Waals surface area contributed by atoms with E-state index in [9.17, 15) is 0 Å². The Labute approximate surface area is 92.9 Å². The summed E-state index contributed by atoms with van der Waals surface area (Å²) in [4.78, 5) is 8.43. The van der Waals surface area contributed by atoms with Crippen LogP contribution in [0.3, 0.4) is 0 Å². The molecule has 1 N–H and O–H groups in total. The third kappa shape index (κ3) is 1.69. The molecule has 0 bridgehead atoms. The van der Waals surface area contributed by atoms with Gasteiger partial charge in [-0.25, -0.2) is 0 Å². The molecule has 1 saturated heterocycles.